The lowest BCUT2D eigenvalue weighted by Crippen LogP contribution is -2.16. The maximum absolute atomic E-state index is 12.4. The second-order valence-corrected chi connectivity index (χ2v) is 4.95. The Balaban J connectivity index is 2.15. The van der Waals surface area contributed by atoms with Gasteiger partial charge in [-0.1, -0.05) is 19.1 Å². The van der Waals surface area contributed by atoms with E-state index < -0.39 is 11.7 Å². The number of nitrogens with one attached hydrogen (secondary N) is 1. The molecule has 0 saturated heterocycles. The molecule has 0 spiro atoms. The summed E-state index contributed by atoms with van der Waals surface area (Å²) in [6.07, 6.45) is -3.20. The van der Waals surface area contributed by atoms with Gasteiger partial charge >= 0.3 is 6.18 Å². The number of hydrogen-bond acceptors (Lipinski definition) is 1. The van der Waals surface area contributed by atoms with Crippen molar-refractivity contribution in [2.45, 2.75) is 24.9 Å². The summed E-state index contributed by atoms with van der Waals surface area (Å²) >= 11 is 0. The van der Waals surface area contributed by atoms with Gasteiger partial charge in [-0.15, -0.1) is 0 Å². The number of hydrogen-bond donors (Lipinski definition) is 1. The molecule has 0 aromatic heterocycles. The monoisotopic (exact) mass is 243 g/mol. The lowest BCUT2D eigenvalue weighted by Gasteiger charge is -2.13. The molecule has 0 bridgehead atoms. The van der Waals surface area contributed by atoms with Crippen LogP contribution in [0.2, 0.25) is 0 Å². The summed E-state index contributed by atoms with van der Waals surface area (Å²) in [5.74, 6) is 0.532. The highest BCUT2D eigenvalue weighted by atomic mass is 19.4. The van der Waals surface area contributed by atoms with Gasteiger partial charge in [-0.25, -0.2) is 0 Å². The Hall–Kier alpha value is -1.03. The van der Waals surface area contributed by atoms with E-state index in [-0.39, 0.29) is 5.41 Å². The van der Waals surface area contributed by atoms with E-state index in [2.05, 4.69) is 12.2 Å². The van der Waals surface area contributed by atoms with Gasteiger partial charge in [0.15, 0.2) is 0 Å². The fourth-order valence-corrected chi connectivity index (χ4v) is 2.39. The third-order valence-corrected chi connectivity index (χ3v) is 3.73. The third kappa shape index (κ3) is 2.32. The first-order chi connectivity index (χ1) is 7.88. The van der Waals surface area contributed by atoms with Crippen LogP contribution in [0.25, 0.3) is 0 Å². The first-order valence-electron chi connectivity index (χ1n) is 5.70. The predicted octanol–water partition coefficient (Wildman–Crippen LogP) is 3.20. The molecular formula is C13H16F3N. The van der Waals surface area contributed by atoms with Crippen molar-refractivity contribution in [2.75, 3.05) is 13.6 Å². The quantitative estimate of drug-likeness (QED) is 0.859. The van der Waals surface area contributed by atoms with Crippen LogP contribution in [-0.4, -0.2) is 13.6 Å². The summed E-state index contributed by atoms with van der Waals surface area (Å²) in [6, 6.07) is 5.57. The predicted molar refractivity (Wildman–Crippen MR) is 60.8 cm³/mol. The average Bonchev–Trinajstić information content (AvgIpc) is 2.91. The molecule has 2 rings (SSSR count). The summed E-state index contributed by atoms with van der Waals surface area (Å²) < 4.78 is 37.3. The van der Waals surface area contributed by atoms with Crippen molar-refractivity contribution in [1.82, 2.24) is 5.32 Å². The van der Waals surface area contributed by atoms with Gasteiger partial charge in [-0.3, -0.25) is 0 Å². The smallest absolute Gasteiger partial charge is 0.319 e. The summed E-state index contributed by atoms with van der Waals surface area (Å²) in [4.78, 5) is 0. The minimum absolute atomic E-state index is 0.0487. The van der Waals surface area contributed by atoms with Crippen LogP contribution in [0.5, 0.6) is 0 Å². The molecule has 2 atom stereocenters. The number of rotatable bonds is 3. The van der Waals surface area contributed by atoms with Crippen LogP contribution in [0.3, 0.4) is 0 Å². The van der Waals surface area contributed by atoms with Crippen molar-refractivity contribution >= 4 is 0 Å². The van der Waals surface area contributed by atoms with E-state index in [1.165, 1.54) is 12.1 Å². The van der Waals surface area contributed by atoms with Gasteiger partial charge in [0.2, 0.25) is 0 Å². The molecule has 4 heteroatoms. The number of alkyl halides is 3. The van der Waals surface area contributed by atoms with E-state index in [0.29, 0.717) is 5.92 Å². The fraction of sp³-hybridized carbons (Fsp3) is 0.538. The maximum atomic E-state index is 12.4. The Labute approximate surface area is 99.0 Å². The first kappa shape index (κ1) is 12.4. The molecule has 1 aromatic rings. The largest absolute Gasteiger partial charge is 0.416 e. The van der Waals surface area contributed by atoms with Crippen LogP contribution in [0.15, 0.2) is 24.3 Å². The zero-order valence-corrected chi connectivity index (χ0v) is 9.93. The highest BCUT2D eigenvalue weighted by Gasteiger charge is 2.50. The maximum Gasteiger partial charge on any atom is 0.416 e. The summed E-state index contributed by atoms with van der Waals surface area (Å²) in [6.45, 7) is 3.02. The van der Waals surface area contributed by atoms with Crippen molar-refractivity contribution < 1.29 is 13.2 Å². The van der Waals surface area contributed by atoms with Gasteiger partial charge in [-0.05, 0) is 49.0 Å². The number of benzene rings is 1. The Morgan fingerprint density at radius 2 is 1.88 bits per heavy atom. The molecule has 17 heavy (non-hydrogen) atoms. The Morgan fingerprint density at radius 1 is 1.29 bits per heavy atom. The molecular weight excluding hydrogens is 227 g/mol. The van der Waals surface area contributed by atoms with Crippen LogP contribution >= 0.6 is 0 Å². The summed E-state index contributed by atoms with van der Waals surface area (Å²) in [5.41, 5.74) is 0.481. The van der Waals surface area contributed by atoms with E-state index in [1.54, 1.807) is 12.1 Å². The van der Waals surface area contributed by atoms with E-state index in [0.717, 1.165) is 18.5 Å². The normalized spacial score (nSPS) is 28.2. The highest BCUT2D eigenvalue weighted by molar-refractivity contribution is 5.35. The minimum Gasteiger partial charge on any atom is -0.319 e. The molecule has 1 aromatic carbocycles. The van der Waals surface area contributed by atoms with Gasteiger partial charge in [0.1, 0.15) is 0 Å². The zero-order valence-electron chi connectivity index (χ0n) is 9.93. The van der Waals surface area contributed by atoms with E-state index in [9.17, 15) is 13.2 Å². The second kappa shape index (κ2) is 4.02. The molecule has 94 valence electrons. The number of halogens is 3. The van der Waals surface area contributed by atoms with E-state index >= 15 is 0 Å². The Morgan fingerprint density at radius 3 is 2.35 bits per heavy atom. The van der Waals surface area contributed by atoms with Crippen molar-refractivity contribution in [3.05, 3.63) is 35.4 Å². The molecule has 2 unspecified atom stereocenters. The van der Waals surface area contributed by atoms with Crippen LogP contribution in [0.1, 0.15) is 24.5 Å². The van der Waals surface area contributed by atoms with Crippen LogP contribution < -0.4 is 5.32 Å². The zero-order chi connectivity index (χ0) is 12.7. The lowest BCUT2D eigenvalue weighted by molar-refractivity contribution is -0.137. The lowest BCUT2D eigenvalue weighted by atomic mass is 9.94. The molecule has 0 radical (unpaired) electrons. The van der Waals surface area contributed by atoms with Crippen LogP contribution in [0, 0.1) is 5.92 Å². The Kier molecular flexibility index (Phi) is 2.94. The molecule has 1 aliphatic rings. The molecule has 1 nitrogen and oxygen atoms in total. The van der Waals surface area contributed by atoms with Gasteiger partial charge in [-0.2, -0.15) is 13.2 Å². The summed E-state index contributed by atoms with van der Waals surface area (Å²) in [5, 5.41) is 3.11. The van der Waals surface area contributed by atoms with Crippen molar-refractivity contribution in [3.8, 4) is 0 Å². The van der Waals surface area contributed by atoms with Crippen LogP contribution in [-0.2, 0) is 11.6 Å². The van der Waals surface area contributed by atoms with Gasteiger partial charge in [0, 0.05) is 0 Å². The Bertz CT molecular complexity index is 396. The first-order valence-corrected chi connectivity index (χ1v) is 5.70. The molecule has 0 amide bonds. The van der Waals surface area contributed by atoms with E-state index in [1.807, 2.05) is 7.05 Å². The average molecular weight is 243 g/mol. The summed E-state index contributed by atoms with van der Waals surface area (Å²) in [7, 11) is 1.89. The molecule has 1 saturated carbocycles. The van der Waals surface area contributed by atoms with Gasteiger partial charge in [0.25, 0.3) is 0 Å². The SMILES string of the molecule is CNCC1CC1(C)c1ccc(C(F)(F)F)cc1. The highest BCUT2D eigenvalue weighted by Crippen LogP contribution is 2.53. The molecule has 0 aliphatic heterocycles. The van der Waals surface area contributed by atoms with Gasteiger partial charge < -0.3 is 5.32 Å². The molecule has 1 fully saturated rings. The van der Waals surface area contributed by atoms with Crippen LogP contribution in [0.4, 0.5) is 13.2 Å². The molecule has 1 N–H and O–H groups in total. The van der Waals surface area contributed by atoms with Crippen molar-refractivity contribution in [1.29, 1.82) is 0 Å². The molecule has 0 heterocycles. The third-order valence-electron chi connectivity index (χ3n) is 3.73. The standard InChI is InChI=1S/C13H16F3N/c1-12(7-11(12)8-17-2)9-3-5-10(6-4-9)13(14,15)16/h3-6,11,17H,7-8H2,1-2H3. The molecule has 1 aliphatic carbocycles. The minimum atomic E-state index is -4.24. The van der Waals surface area contributed by atoms with Crippen molar-refractivity contribution in [2.24, 2.45) is 5.92 Å². The van der Waals surface area contributed by atoms with Gasteiger partial charge in [0.05, 0.1) is 5.56 Å². The van der Waals surface area contributed by atoms with Crippen molar-refractivity contribution in [3.63, 3.8) is 0 Å². The fourth-order valence-electron chi connectivity index (χ4n) is 2.39. The second-order valence-electron chi connectivity index (χ2n) is 4.95. The van der Waals surface area contributed by atoms with E-state index in [4.69, 9.17) is 0 Å². The topological polar surface area (TPSA) is 12.0 Å².